The van der Waals surface area contributed by atoms with E-state index in [1.54, 1.807) is 24.3 Å². The minimum absolute atomic E-state index is 0.0325. The van der Waals surface area contributed by atoms with Crippen LogP contribution in [-0.2, 0) is 12.6 Å². The predicted octanol–water partition coefficient (Wildman–Crippen LogP) is 5.76. The van der Waals surface area contributed by atoms with Crippen molar-refractivity contribution < 1.29 is 22.7 Å². The third-order valence-electron chi connectivity index (χ3n) is 7.16. The molecular weight excluding hydrogens is 519 g/mol. The Morgan fingerprint density at radius 3 is 2.12 bits per heavy atom. The standard InChI is InChI=1S/C30H26F3N5O2/c1-40-24-14-12-23(13-15-24)38-26-25(27(35-38)30(31,32)33)16-19-37(29(26)39)22-10-8-21(9-11-22)36-18-5-17-34-28(36)20-6-3-2-4-7-20/h2-4,6-15H,5,16-19H2,1H3. The van der Waals surface area contributed by atoms with Crippen LogP contribution in [0.3, 0.4) is 0 Å². The van der Waals surface area contributed by atoms with Crippen LogP contribution in [0.4, 0.5) is 24.5 Å². The van der Waals surface area contributed by atoms with Crippen molar-refractivity contribution in [3.8, 4) is 11.4 Å². The number of carbonyl (C=O) groups is 1. The highest BCUT2D eigenvalue weighted by Gasteiger charge is 2.43. The maximum atomic E-state index is 13.9. The molecule has 2 aliphatic heterocycles. The van der Waals surface area contributed by atoms with Gasteiger partial charge in [-0.3, -0.25) is 9.79 Å². The van der Waals surface area contributed by atoms with Crippen molar-refractivity contribution in [1.82, 2.24) is 9.78 Å². The normalized spacial score (nSPS) is 15.6. The van der Waals surface area contributed by atoms with Crippen molar-refractivity contribution in [3.05, 3.63) is 101 Å². The second-order valence-electron chi connectivity index (χ2n) is 9.58. The summed E-state index contributed by atoms with van der Waals surface area (Å²) >= 11 is 0. The summed E-state index contributed by atoms with van der Waals surface area (Å²) in [5, 5.41) is 3.86. The highest BCUT2D eigenvalue weighted by Crippen LogP contribution is 2.37. The smallest absolute Gasteiger partial charge is 0.435 e. The fraction of sp³-hybridized carbons (Fsp3) is 0.233. The molecule has 0 bridgehead atoms. The number of carbonyl (C=O) groups excluding carboxylic acids is 1. The molecule has 7 nitrogen and oxygen atoms in total. The Bertz CT molecular complexity index is 1560. The van der Waals surface area contributed by atoms with Crippen LogP contribution in [0.1, 0.15) is 33.7 Å². The number of rotatable bonds is 5. The summed E-state index contributed by atoms with van der Waals surface area (Å²) in [5.74, 6) is 0.904. The number of hydrogen-bond donors (Lipinski definition) is 0. The number of hydrogen-bond acceptors (Lipinski definition) is 5. The van der Waals surface area contributed by atoms with E-state index in [2.05, 4.69) is 10.00 Å². The lowest BCUT2D eigenvalue weighted by Crippen LogP contribution is -2.39. The van der Waals surface area contributed by atoms with Crippen LogP contribution < -0.4 is 14.5 Å². The molecule has 6 rings (SSSR count). The predicted molar refractivity (Wildman–Crippen MR) is 147 cm³/mol. The molecule has 0 fully saturated rings. The zero-order valence-corrected chi connectivity index (χ0v) is 21.7. The molecule has 0 spiro atoms. The average Bonchev–Trinajstić information content (AvgIpc) is 3.39. The van der Waals surface area contributed by atoms with E-state index in [9.17, 15) is 18.0 Å². The molecule has 0 radical (unpaired) electrons. The first-order valence-corrected chi connectivity index (χ1v) is 13.0. The van der Waals surface area contributed by atoms with Crippen molar-refractivity contribution in [1.29, 1.82) is 0 Å². The number of amidine groups is 1. The molecule has 3 aromatic carbocycles. The summed E-state index contributed by atoms with van der Waals surface area (Å²) in [4.78, 5) is 22.1. The van der Waals surface area contributed by atoms with Crippen molar-refractivity contribution in [3.63, 3.8) is 0 Å². The molecule has 0 aliphatic carbocycles. The fourth-order valence-corrected chi connectivity index (χ4v) is 5.25. The number of halogens is 3. The maximum Gasteiger partial charge on any atom is 0.435 e. The first-order chi connectivity index (χ1) is 19.3. The van der Waals surface area contributed by atoms with Crippen molar-refractivity contribution in [2.45, 2.75) is 19.0 Å². The number of aromatic nitrogens is 2. The average molecular weight is 546 g/mol. The summed E-state index contributed by atoms with van der Waals surface area (Å²) in [5.41, 5.74) is 1.71. The Kier molecular flexibility index (Phi) is 6.53. The van der Waals surface area contributed by atoms with E-state index in [0.717, 1.165) is 41.3 Å². The Hall–Kier alpha value is -4.60. The van der Waals surface area contributed by atoms with Crippen LogP contribution in [0.15, 0.2) is 83.9 Å². The summed E-state index contributed by atoms with van der Waals surface area (Å²) < 4.78 is 48.0. The lowest BCUT2D eigenvalue weighted by Gasteiger charge is -2.31. The SMILES string of the molecule is COc1ccc(-n2nc(C(F)(F)F)c3c2C(=O)N(c2ccc(N4CCCN=C4c4ccccc4)cc2)CC3)cc1. The monoisotopic (exact) mass is 545 g/mol. The van der Waals surface area contributed by atoms with Gasteiger partial charge in [-0.05, 0) is 61.4 Å². The van der Waals surface area contributed by atoms with Gasteiger partial charge < -0.3 is 14.5 Å². The van der Waals surface area contributed by atoms with Gasteiger partial charge in [0.2, 0.25) is 0 Å². The molecule has 10 heteroatoms. The van der Waals surface area contributed by atoms with Crippen LogP contribution in [0.2, 0.25) is 0 Å². The fourth-order valence-electron chi connectivity index (χ4n) is 5.25. The van der Waals surface area contributed by atoms with Crippen LogP contribution in [0.5, 0.6) is 5.75 Å². The molecule has 1 aromatic heterocycles. The number of anilines is 2. The summed E-state index contributed by atoms with van der Waals surface area (Å²) in [7, 11) is 1.50. The van der Waals surface area contributed by atoms with E-state index in [1.807, 2.05) is 54.6 Å². The molecule has 40 heavy (non-hydrogen) atoms. The van der Waals surface area contributed by atoms with Gasteiger partial charge in [0.1, 0.15) is 17.3 Å². The number of alkyl halides is 3. The van der Waals surface area contributed by atoms with Gasteiger partial charge in [0, 0.05) is 42.1 Å². The number of ether oxygens (including phenoxy) is 1. The number of aliphatic imine (C=N–C) groups is 1. The molecule has 0 saturated carbocycles. The molecule has 0 N–H and O–H groups in total. The number of nitrogens with zero attached hydrogens (tertiary/aromatic N) is 5. The van der Waals surface area contributed by atoms with Gasteiger partial charge in [-0.1, -0.05) is 30.3 Å². The van der Waals surface area contributed by atoms with E-state index in [-0.39, 0.29) is 24.2 Å². The molecule has 1 amide bonds. The number of benzene rings is 3. The first-order valence-electron chi connectivity index (χ1n) is 13.0. The van der Waals surface area contributed by atoms with Gasteiger partial charge in [0.15, 0.2) is 5.69 Å². The van der Waals surface area contributed by atoms with Crippen LogP contribution in [-0.4, -0.2) is 48.3 Å². The third-order valence-corrected chi connectivity index (χ3v) is 7.16. The molecule has 0 saturated heterocycles. The third kappa shape index (κ3) is 4.59. The van der Waals surface area contributed by atoms with Gasteiger partial charge >= 0.3 is 6.18 Å². The van der Waals surface area contributed by atoms with Crippen LogP contribution in [0, 0.1) is 0 Å². The molecule has 0 atom stereocenters. The van der Waals surface area contributed by atoms with Crippen molar-refractivity contribution in [2.75, 3.05) is 36.5 Å². The zero-order chi connectivity index (χ0) is 27.9. The zero-order valence-electron chi connectivity index (χ0n) is 21.7. The van der Waals surface area contributed by atoms with Crippen molar-refractivity contribution >= 4 is 23.1 Å². The Morgan fingerprint density at radius 1 is 0.825 bits per heavy atom. The van der Waals surface area contributed by atoms with Crippen molar-refractivity contribution in [2.24, 2.45) is 4.99 Å². The highest BCUT2D eigenvalue weighted by molar-refractivity contribution is 6.11. The lowest BCUT2D eigenvalue weighted by atomic mass is 10.0. The van der Waals surface area contributed by atoms with Gasteiger partial charge in [-0.2, -0.15) is 18.3 Å². The number of fused-ring (bicyclic) bond motifs is 1. The highest BCUT2D eigenvalue weighted by atomic mass is 19.4. The lowest BCUT2D eigenvalue weighted by molar-refractivity contribution is -0.141. The molecule has 2 aliphatic rings. The van der Waals surface area contributed by atoms with E-state index in [1.165, 1.54) is 12.0 Å². The van der Waals surface area contributed by atoms with E-state index >= 15 is 0 Å². The Labute approximate surface area is 229 Å². The Balaban J connectivity index is 1.33. The Morgan fingerprint density at radius 2 is 1.48 bits per heavy atom. The molecule has 0 unspecified atom stereocenters. The van der Waals surface area contributed by atoms with E-state index < -0.39 is 17.8 Å². The molecular formula is C30H26F3N5O2. The summed E-state index contributed by atoms with van der Waals surface area (Å²) in [6, 6.07) is 23.9. The minimum atomic E-state index is -4.68. The van der Waals surface area contributed by atoms with Gasteiger partial charge in [-0.15, -0.1) is 0 Å². The first kappa shape index (κ1) is 25.7. The van der Waals surface area contributed by atoms with Crippen LogP contribution in [0.25, 0.3) is 5.69 Å². The minimum Gasteiger partial charge on any atom is -0.497 e. The second-order valence-corrected chi connectivity index (χ2v) is 9.58. The quantitative estimate of drug-likeness (QED) is 0.320. The molecule has 3 heterocycles. The number of amides is 1. The summed E-state index contributed by atoms with van der Waals surface area (Å²) in [6.07, 6.45) is -3.73. The molecule has 204 valence electrons. The topological polar surface area (TPSA) is 63.0 Å². The number of methoxy groups -OCH3 is 1. The second kappa shape index (κ2) is 10.2. The molecule has 4 aromatic rings. The van der Waals surface area contributed by atoms with Gasteiger partial charge in [-0.25, -0.2) is 4.68 Å². The van der Waals surface area contributed by atoms with E-state index in [4.69, 9.17) is 9.73 Å². The maximum absolute atomic E-state index is 13.9. The largest absolute Gasteiger partial charge is 0.497 e. The van der Waals surface area contributed by atoms with Gasteiger partial charge in [0.05, 0.1) is 12.8 Å². The van der Waals surface area contributed by atoms with Gasteiger partial charge in [0.25, 0.3) is 5.91 Å². The van der Waals surface area contributed by atoms with E-state index in [0.29, 0.717) is 17.1 Å². The van der Waals surface area contributed by atoms with Crippen LogP contribution >= 0.6 is 0 Å². The summed E-state index contributed by atoms with van der Waals surface area (Å²) in [6.45, 7) is 1.68.